The van der Waals surface area contributed by atoms with E-state index in [1.54, 1.807) is 20.3 Å². The first-order valence-electron chi connectivity index (χ1n) is 6.35. The highest BCUT2D eigenvalue weighted by Crippen LogP contribution is 2.33. The molecule has 0 saturated carbocycles. The number of nitrogens with zero attached hydrogens (tertiary/aromatic N) is 2. The van der Waals surface area contributed by atoms with E-state index in [1.807, 2.05) is 19.2 Å². The van der Waals surface area contributed by atoms with Gasteiger partial charge in [-0.25, -0.2) is 4.98 Å². The molecule has 0 aliphatic carbocycles. The molecule has 1 aromatic heterocycles. The van der Waals surface area contributed by atoms with Crippen molar-refractivity contribution >= 4 is 40.8 Å². The number of aryl methyl sites for hydroxylation is 1. The van der Waals surface area contributed by atoms with Crippen LogP contribution in [0, 0.1) is 6.92 Å². The molecule has 0 amide bonds. The molecule has 0 unspecified atom stereocenters. The highest BCUT2D eigenvalue weighted by molar-refractivity contribution is 8.01. The van der Waals surface area contributed by atoms with Crippen molar-refractivity contribution in [3.63, 3.8) is 0 Å². The number of ether oxygens (including phenoxy) is 2. The Labute approximate surface area is 142 Å². The third-order valence-electron chi connectivity index (χ3n) is 2.88. The fourth-order valence-corrected chi connectivity index (χ4v) is 3.97. The Morgan fingerprint density at radius 3 is 2.68 bits per heavy atom. The monoisotopic (exact) mass is 356 g/mol. The normalized spacial score (nSPS) is 10.5. The van der Waals surface area contributed by atoms with Gasteiger partial charge >= 0.3 is 0 Å². The first-order chi connectivity index (χ1) is 10.6. The van der Waals surface area contributed by atoms with Gasteiger partial charge in [0.2, 0.25) is 5.16 Å². The fraction of sp³-hybridized carbons (Fsp3) is 0.357. The zero-order valence-electron chi connectivity index (χ0n) is 12.7. The Morgan fingerprint density at radius 2 is 2.09 bits per heavy atom. The Hall–Kier alpha value is -1.25. The molecule has 8 heteroatoms. The molecule has 118 valence electrons. The van der Waals surface area contributed by atoms with Crippen molar-refractivity contribution in [2.45, 2.75) is 16.4 Å². The van der Waals surface area contributed by atoms with E-state index in [0.717, 1.165) is 15.1 Å². The molecule has 0 bridgehead atoms. The minimum absolute atomic E-state index is 0.0231. The minimum Gasteiger partial charge on any atom is -0.493 e. The predicted molar refractivity (Wildman–Crippen MR) is 91.0 cm³/mol. The molecule has 0 atom stereocenters. The number of Topliss-reactive ketones (excluding diaryl/α,β-unsaturated/α-hetero) is 1. The lowest BCUT2D eigenvalue weighted by Gasteiger charge is -2.12. The number of benzene rings is 1. The molecule has 0 radical (unpaired) electrons. The summed E-state index contributed by atoms with van der Waals surface area (Å²) in [7, 11) is 3.15. The van der Waals surface area contributed by atoms with E-state index in [9.17, 15) is 4.79 Å². The van der Waals surface area contributed by atoms with Crippen LogP contribution in [0.25, 0.3) is 0 Å². The van der Waals surface area contributed by atoms with Crippen molar-refractivity contribution < 1.29 is 14.3 Å². The van der Waals surface area contributed by atoms with Crippen LogP contribution in [0.1, 0.15) is 15.9 Å². The second kappa shape index (κ2) is 7.85. The third-order valence-corrected chi connectivity index (χ3v) is 5.38. The van der Waals surface area contributed by atoms with Gasteiger partial charge in [0.15, 0.2) is 21.6 Å². The van der Waals surface area contributed by atoms with Crippen LogP contribution in [-0.2, 0) is 0 Å². The maximum Gasteiger partial charge on any atom is 0.200 e. The number of hydrogen-bond acceptors (Lipinski definition) is 8. The molecule has 2 aromatic rings. The summed E-state index contributed by atoms with van der Waals surface area (Å²) >= 11 is 4.20. The average molecular weight is 356 g/mol. The van der Waals surface area contributed by atoms with Crippen molar-refractivity contribution in [3.05, 3.63) is 23.3 Å². The molecule has 1 aromatic carbocycles. The zero-order valence-corrected chi connectivity index (χ0v) is 15.2. The van der Waals surface area contributed by atoms with Crippen LogP contribution in [0.3, 0.4) is 0 Å². The van der Waals surface area contributed by atoms with Gasteiger partial charge in [0.05, 0.1) is 20.0 Å². The van der Waals surface area contributed by atoms with Crippen LogP contribution in [0.2, 0.25) is 0 Å². The van der Waals surface area contributed by atoms with Crippen LogP contribution in [0.5, 0.6) is 11.5 Å². The summed E-state index contributed by atoms with van der Waals surface area (Å²) in [6.45, 7) is 1.89. The molecule has 22 heavy (non-hydrogen) atoms. The van der Waals surface area contributed by atoms with Gasteiger partial charge in [-0.1, -0.05) is 23.5 Å². The molecule has 0 spiro atoms. The molecule has 0 saturated heterocycles. The Balaban J connectivity index is 2.10. The van der Waals surface area contributed by atoms with E-state index in [2.05, 4.69) is 9.36 Å². The fourth-order valence-electron chi connectivity index (χ4n) is 1.86. The van der Waals surface area contributed by atoms with Crippen molar-refractivity contribution in [1.29, 1.82) is 0 Å². The number of thioether (sulfide) groups is 2. The number of methoxy groups -OCH3 is 2. The number of aromatic nitrogens is 2. The molecular formula is C14H16N2O3S3. The second-order valence-corrected chi connectivity index (χ2v) is 7.04. The van der Waals surface area contributed by atoms with Gasteiger partial charge in [0, 0.05) is 5.56 Å². The maximum absolute atomic E-state index is 12.3. The number of carbonyl (C=O) groups excluding carboxylic acids is 1. The van der Waals surface area contributed by atoms with Crippen LogP contribution < -0.4 is 9.47 Å². The second-order valence-electron chi connectivity index (χ2n) is 4.29. The summed E-state index contributed by atoms with van der Waals surface area (Å²) in [5, 5.41) is 0.738. The third kappa shape index (κ3) is 3.93. The molecule has 2 rings (SSSR count). The maximum atomic E-state index is 12.3. The van der Waals surface area contributed by atoms with Crippen molar-refractivity contribution in [1.82, 2.24) is 9.36 Å². The van der Waals surface area contributed by atoms with Crippen LogP contribution in [0.15, 0.2) is 21.6 Å². The number of ketones is 1. The van der Waals surface area contributed by atoms with E-state index in [1.165, 1.54) is 35.1 Å². The van der Waals surface area contributed by atoms with E-state index in [4.69, 9.17) is 9.47 Å². The van der Waals surface area contributed by atoms with Gasteiger partial charge in [0.1, 0.15) is 0 Å². The lowest BCUT2D eigenvalue weighted by molar-refractivity contribution is 0.102. The van der Waals surface area contributed by atoms with Crippen LogP contribution in [0.4, 0.5) is 0 Å². The largest absolute Gasteiger partial charge is 0.493 e. The molecular weight excluding hydrogens is 340 g/mol. The van der Waals surface area contributed by atoms with Gasteiger partial charge in [-0.05, 0) is 42.4 Å². The van der Waals surface area contributed by atoms with E-state index in [0.29, 0.717) is 22.8 Å². The molecule has 0 N–H and O–H groups in total. The van der Waals surface area contributed by atoms with Crippen molar-refractivity contribution in [2.75, 3.05) is 26.2 Å². The molecule has 0 aliphatic rings. The highest BCUT2D eigenvalue weighted by atomic mass is 32.2. The smallest absolute Gasteiger partial charge is 0.200 e. The average Bonchev–Trinajstić information content (AvgIpc) is 2.99. The molecule has 0 fully saturated rings. The summed E-state index contributed by atoms with van der Waals surface area (Å²) in [5.41, 5.74) is 1.48. The van der Waals surface area contributed by atoms with Gasteiger partial charge in [0.25, 0.3) is 0 Å². The quantitative estimate of drug-likeness (QED) is 0.555. The first kappa shape index (κ1) is 17.1. The van der Waals surface area contributed by atoms with Crippen molar-refractivity contribution in [2.24, 2.45) is 0 Å². The Kier molecular flexibility index (Phi) is 6.10. The topological polar surface area (TPSA) is 61.3 Å². The lowest BCUT2D eigenvalue weighted by Crippen LogP contribution is -2.04. The summed E-state index contributed by atoms with van der Waals surface area (Å²) in [5.74, 6) is 1.56. The Morgan fingerprint density at radius 1 is 1.32 bits per heavy atom. The molecule has 5 nitrogen and oxygen atoms in total. The summed E-state index contributed by atoms with van der Waals surface area (Å²) in [6, 6.07) is 3.53. The van der Waals surface area contributed by atoms with Gasteiger partial charge in [-0.2, -0.15) is 4.37 Å². The Bertz CT molecular complexity index is 673. The molecule has 0 aliphatic heterocycles. The summed E-state index contributed by atoms with van der Waals surface area (Å²) in [4.78, 5) is 16.7. The minimum atomic E-state index is 0.0231. The predicted octanol–water partition coefficient (Wildman–Crippen LogP) is 3.56. The van der Waals surface area contributed by atoms with Crippen LogP contribution in [-0.4, -0.2) is 41.4 Å². The van der Waals surface area contributed by atoms with Gasteiger partial charge in [-0.3, -0.25) is 4.79 Å². The van der Waals surface area contributed by atoms with Gasteiger partial charge < -0.3 is 9.47 Å². The van der Waals surface area contributed by atoms with Crippen molar-refractivity contribution in [3.8, 4) is 11.5 Å². The van der Waals surface area contributed by atoms with E-state index < -0.39 is 0 Å². The SMILES string of the molecule is COc1cc(C(=O)CSc2nc(SC)ns2)cc(C)c1OC. The lowest BCUT2D eigenvalue weighted by atomic mass is 10.1. The van der Waals surface area contributed by atoms with E-state index in [-0.39, 0.29) is 5.78 Å². The summed E-state index contributed by atoms with van der Waals surface area (Å²) < 4.78 is 15.5. The molecule has 1 heterocycles. The first-order valence-corrected chi connectivity index (χ1v) is 9.33. The van der Waals surface area contributed by atoms with Gasteiger partial charge in [-0.15, -0.1) is 0 Å². The number of hydrogen-bond donors (Lipinski definition) is 0. The standard InChI is InChI=1S/C14H16N2O3S3/c1-8-5-9(6-11(18-2)12(8)19-3)10(17)7-21-14-15-13(20-4)16-22-14/h5-6H,7H2,1-4H3. The number of carbonyl (C=O) groups is 1. The number of rotatable bonds is 7. The highest BCUT2D eigenvalue weighted by Gasteiger charge is 2.15. The summed E-state index contributed by atoms with van der Waals surface area (Å²) in [6.07, 6.45) is 1.92. The van der Waals surface area contributed by atoms with Crippen LogP contribution >= 0.6 is 35.1 Å². The zero-order chi connectivity index (χ0) is 16.1. The van der Waals surface area contributed by atoms with E-state index >= 15 is 0 Å².